The summed E-state index contributed by atoms with van der Waals surface area (Å²) in [7, 11) is 0. The van der Waals surface area contributed by atoms with Gasteiger partial charge in [0.1, 0.15) is 5.82 Å². The van der Waals surface area contributed by atoms with Gasteiger partial charge in [-0.15, -0.1) is 0 Å². The van der Waals surface area contributed by atoms with E-state index in [0.717, 1.165) is 27.2 Å². The Hall–Kier alpha value is 0.200. The molecule has 1 aromatic rings. The third kappa shape index (κ3) is 3.61. The lowest BCUT2D eigenvalue weighted by atomic mass is 9.94. The Labute approximate surface area is 130 Å². The van der Waals surface area contributed by atoms with Crippen molar-refractivity contribution in [1.82, 2.24) is 4.98 Å². The van der Waals surface area contributed by atoms with E-state index in [4.69, 9.17) is 11.6 Å². The first-order valence-corrected chi connectivity index (χ1v) is 8.65. The molecular formula is C13H17Br2ClN2. The van der Waals surface area contributed by atoms with Crippen LogP contribution in [0.5, 0.6) is 0 Å². The number of hydrogen-bond acceptors (Lipinski definition) is 2. The number of alkyl halides is 1. The highest BCUT2D eigenvalue weighted by atomic mass is 79.9. The molecule has 100 valence electrons. The highest BCUT2D eigenvalue weighted by molar-refractivity contribution is 9.10. The lowest BCUT2D eigenvalue weighted by molar-refractivity contribution is 0.417. The zero-order chi connectivity index (χ0) is 13.0. The summed E-state index contributed by atoms with van der Waals surface area (Å²) in [4.78, 5) is 6.86. The van der Waals surface area contributed by atoms with Crippen LogP contribution >= 0.6 is 43.5 Å². The second-order valence-corrected chi connectivity index (χ2v) is 6.75. The van der Waals surface area contributed by atoms with Gasteiger partial charge in [0, 0.05) is 28.6 Å². The SMILES string of the molecule is Clc1cc(Br)cnc1N(CCBr)C1CCCCC1. The van der Waals surface area contributed by atoms with Crippen molar-refractivity contribution in [3.8, 4) is 0 Å². The zero-order valence-corrected chi connectivity index (χ0v) is 14.1. The Morgan fingerprint density at radius 1 is 1.33 bits per heavy atom. The Morgan fingerprint density at radius 3 is 2.67 bits per heavy atom. The molecule has 1 heterocycles. The summed E-state index contributed by atoms with van der Waals surface area (Å²) in [5.74, 6) is 0.922. The van der Waals surface area contributed by atoms with Crippen LogP contribution in [0.25, 0.3) is 0 Å². The first-order valence-electron chi connectivity index (χ1n) is 6.36. The van der Waals surface area contributed by atoms with Crippen molar-refractivity contribution >= 4 is 49.3 Å². The number of nitrogens with zero attached hydrogens (tertiary/aromatic N) is 2. The van der Waals surface area contributed by atoms with Crippen LogP contribution in [0, 0.1) is 0 Å². The minimum Gasteiger partial charge on any atom is -0.352 e. The molecule has 0 bridgehead atoms. The van der Waals surface area contributed by atoms with Gasteiger partial charge < -0.3 is 4.90 Å². The van der Waals surface area contributed by atoms with Gasteiger partial charge in [0.05, 0.1) is 5.02 Å². The summed E-state index contributed by atoms with van der Waals surface area (Å²) in [6.45, 7) is 0.957. The van der Waals surface area contributed by atoms with Gasteiger partial charge in [0.2, 0.25) is 0 Å². The van der Waals surface area contributed by atoms with E-state index in [0.29, 0.717) is 6.04 Å². The molecule has 2 rings (SSSR count). The molecule has 1 aromatic heterocycles. The molecule has 0 amide bonds. The normalized spacial score (nSPS) is 16.8. The second kappa shape index (κ2) is 7.11. The Balaban J connectivity index is 2.22. The predicted molar refractivity (Wildman–Crippen MR) is 85.0 cm³/mol. The van der Waals surface area contributed by atoms with Crippen LogP contribution in [0.1, 0.15) is 32.1 Å². The third-order valence-electron chi connectivity index (χ3n) is 3.40. The van der Waals surface area contributed by atoms with Gasteiger partial charge in [-0.2, -0.15) is 0 Å². The molecule has 1 aliphatic rings. The average molecular weight is 397 g/mol. The summed E-state index contributed by atoms with van der Waals surface area (Å²) in [6, 6.07) is 2.51. The van der Waals surface area contributed by atoms with Gasteiger partial charge in [0.25, 0.3) is 0 Å². The maximum Gasteiger partial charge on any atom is 0.147 e. The van der Waals surface area contributed by atoms with E-state index >= 15 is 0 Å². The monoisotopic (exact) mass is 394 g/mol. The second-order valence-electron chi connectivity index (χ2n) is 4.63. The molecule has 0 N–H and O–H groups in total. The summed E-state index contributed by atoms with van der Waals surface area (Å²) >= 11 is 13.3. The Kier molecular flexibility index (Phi) is 5.77. The Bertz CT molecular complexity index is 395. The van der Waals surface area contributed by atoms with Crippen molar-refractivity contribution in [3.05, 3.63) is 21.8 Å². The lowest BCUT2D eigenvalue weighted by Crippen LogP contribution is -2.39. The van der Waals surface area contributed by atoms with Gasteiger partial charge in [-0.05, 0) is 34.8 Å². The van der Waals surface area contributed by atoms with Crippen LogP contribution in [-0.2, 0) is 0 Å². The predicted octanol–water partition coefficient (Wildman–Crippen LogP) is 5.03. The number of anilines is 1. The van der Waals surface area contributed by atoms with E-state index in [-0.39, 0.29) is 0 Å². The molecule has 0 aromatic carbocycles. The van der Waals surface area contributed by atoms with Crippen LogP contribution in [0.2, 0.25) is 5.02 Å². The summed E-state index contributed by atoms with van der Waals surface area (Å²) < 4.78 is 0.929. The van der Waals surface area contributed by atoms with E-state index in [2.05, 4.69) is 41.7 Å². The summed E-state index contributed by atoms with van der Waals surface area (Å²) in [5, 5.41) is 1.67. The molecule has 1 saturated carbocycles. The molecule has 0 aliphatic heterocycles. The van der Waals surface area contributed by atoms with Gasteiger partial charge in [-0.25, -0.2) is 4.98 Å². The Morgan fingerprint density at radius 2 is 2.06 bits per heavy atom. The van der Waals surface area contributed by atoms with Crippen molar-refractivity contribution in [1.29, 1.82) is 0 Å². The molecule has 0 saturated heterocycles. The van der Waals surface area contributed by atoms with Crippen LogP contribution < -0.4 is 4.90 Å². The van der Waals surface area contributed by atoms with Gasteiger partial charge in [0.15, 0.2) is 0 Å². The molecule has 1 fully saturated rings. The number of aromatic nitrogens is 1. The maximum atomic E-state index is 6.33. The fourth-order valence-corrected chi connectivity index (χ4v) is 3.68. The quantitative estimate of drug-likeness (QED) is 0.664. The fourth-order valence-electron chi connectivity index (χ4n) is 2.56. The molecule has 2 nitrogen and oxygen atoms in total. The van der Waals surface area contributed by atoms with Crippen LogP contribution in [-0.4, -0.2) is 22.9 Å². The maximum absolute atomic E-state index is 6.33. The van der Waals surface area contributed by atoms with Gasteiger partial charge in [-0.3, -0.25) is 0 Å². The van der Waals surface area contributed by atoms with Crippen molar-refractivity contribution < 1.29 is 0 Å². The average Bonchev–Trinajstić information content (AvgIpc) is 2.38. The van der Waals surface area contributed by atoms with Crippen molar-refractivity contribution in [3.63, 3.8) is 0 Å². The van der Waals surface area contributed by atoms with E-state index < -0.39 is 0 Å². The first-order chi connectivity index (χ1) is 8.72. The van der Waals surface area contributed by atoms with E-state index in [1.807, 2.05) is 12.3 Å². The minimum atomic E-state index is 0.586. The lowest BCUT2D eigenvalue weighted by Gasteiger charge is -2.35. The number of rotatable bonds is 4. The van der Waals surface area contributed by atoms with Crippen molar-refractivity contribution in [2.75, 3.05) is 16.8 Å². The largest absolute Gasteiger partial charge is 0.352 e. The van der Waals surface area contributed by atoms with Crippen molar-refractivity contribution in [2.24, 2.45) is 0 Å². The van der Waals surface area contributed by atoms with E-state index in [1.54, 1.807) is 0 Å². The highest BCUT2D eigenvalue weighted by Crippen LogP contribution is 2.31. The molecule has 1 aliphatic carbocycles. The topological polar surface area (TPSA) is 16.1 Å². The van der Waals surface area contributed by atoms with Crippen molar-refractivity contribution in [2.45, 2.75) is 38.1 Å². The van der Waals surface area contributed by atoms with Crippen LogP contribution in [0.3, 0.4) is 0 Å². The van der Waals surface area contributed by atoms with Crippen LogP contribution in [0.15, 0.2) is 16.7 Å². The van der Waals surface area contributed by atoms with Gasteiger partial charge >= 0.3 is 0 Å². The summed E-state index contributed by atoms with van der Waals surface area (Å²) in [6.07, 6.45) is 8.32. The number of hydrogen-bond donors (Lipinski definition) is 0. The summed E-state index contributed by atoms with van der Waals surface area (Å²) in [5.41, 5.74) is 0. The molecular weight excluding hydrogens is 379 g/mol. The fraction of sp³-hybridized carbons (Fsp3) is 0.615. The smallest absolute Gasteiger partial charge is 0.147 e. The molecule has 0 unspecified atom stereocenters. The van der Waals surface area contributed by atoms with Gasteiger partial charge in [-0.1, -0.05) is 46.8 Å². The standard InChI is InChI=1S/C13H17Br2ClN2/c14-6-7-18(11-4-2-1-3-5-11)13-12(16)8-10(15)9-17-13/h8-9,11H,1-7H2. The van der Waals surface area contributed by atoms with E-state index in [1.165, 1.54) is 32.1 Å². The van der Waals surface area contributed by atoms with Crippen LogP contribution in [0.4, 0.5) is 5.82 Å². The molecule has 0 radical (unpaired) electrons. The zero-order valence-electron chi connectivity index (χ0n) is 10.2. The molecule has 0 spiro atoms. The number of halogens is 3. The molecule has 5 heteroatoms. The first kappa shape index (κ1) is 14.6. The molecule has 0 atom stereocenters. The highest BCUT2D eigenvalue weighted by Gasteiger charge is 2.23. The minimum absolute atomic E-state index is 0.586. The third-order valence-corrected chi connectivity index (χ3v) is 4.47. The van der Waals surface area contributed by atoms with E-state index in [9.17, 15) is 0 Å². The molecule has 18 heavy (non-hydrogen) atoms. The number of pyridine rings is 1.